The molecule has 0 radical (unpaired) electrons. The minimum atomic E-state index is 0.150. The van der Waals surface area contributed by atoms with Gasteiger partial charge in [-0.15, -0.1) is 0 Å². The van der Waals surface area contributed by atoms with Gasteiger partial charge in [-0.3, -0.25) is 0 Å². The minimum Gasteiger partial charge on any atom is -0.378 e. The van der Waals surface area contributed by atoms with Crippen molar-refractivity contribution >= 4 is 21.6 Å². The predicted octanol–water partition coefficient (Wildman–Crippen LogP) is 4.49. The molecule has 3 heteroatoms. The molecule has 0 heterocycles. The summed E-state index contributed by atoms with van der Waals surface area (Å²) in [4.78, 5) is 0. The van der Waals surface area contributed by atoms with Gasteiger partial charge in [0.05, 0.1) is 11.6 Å². The molecule has 2 aromatic carbocycles. The number of nitriles is 1. The SMILES string of the molecule is CC(Nc1ccccc1Br)c1cccc(C#N)c1. The molecule has 90 valence electrons. The van der Waals surface area contributed by atoms with Crippen molar-refractivity contribution in [2.45, 2.75) is 13.0 Å². The van der Waals surface area contributed by atoms with Gasteiger partial charge in [-0.1, -0.05) is 24.3 Å². The average molecular weight is 301 g/mol. The molecule has 2 aromatic rings. The maximum atomic E-state index is 8.90. The average Bonchev–Trinajstić information content (AvgIpc) is 2.41. The highest BCUT2D eigenvalue weighted by molar-refractivity contribution is 9.10. The van der Waals surface area contributed by atoms with Crippen molar-refractivity contribution in [3.05, 3.63) is 64.1 Å². The number of para-hydroxylation sites is 1. The zero-order valence-corrected chi connectivity index (χ0v) is 11.6. The van der Waals surface area contributed by atoms with Gasteiger partial charge in [-0.25, -0.2) is 0 Å². The molecule has 0 fully saturated rings. The maximum absolute atomic E-state index is 8.90. The van der Waals surface area contributed by atoms with Crippen LogP contribution >= 0.6 is 15.9 Å². The lowest BCUT2D eigenvalue weighted by Gasteiger charge is -2.17. The number of nitrogens with one attached hydrogen (secondary N) is 1. The third-order valence-electron chi connectivity index (χ3n) is 2.76. The summed E-state index contributed by atoms with van der Waals surface area (Å²) in [5.41, 5.74) is 2.84. The van der Waals surface area contributed by atoms with Crippen LogP contribution in [-0.4, -0.2) is 0 Å². The van der Waals surface area contributed by atoms with Gasteiger partial charge < -0.3 is 5.32 Å². The largest absolute Gasteiger partial charge is 0.378 e. The Bertz CT molecular complexity index is 587. The molecule has 0 aromatic heterocycles. The van der Waals surface area contributed by atoms with E-state index in [1.54, 1.807) is 0 Å². The van der Waals surface area contributed by atoms with Gasteiger partial charge in [-0.05, 0) is 52.7 Å². The number of halogens is 1. The van der Waals surface area contributed by atoms with Gasteiger partial charge >= 0.3 is 0 Å². The first-order valence-corrected chi connectivity index (χ1v) is 6.51. The van der Waals surface area contributed by atoms with E-state index in [1.807, 2.05) is 48.5 Å². The van der Waals surface area contributed by atoms with E-state index >= 15 is 0 Å². The van der Waals surface area contributed by atoms with E-state index in [0.29, 0.717) is 5.56 Å². The lowest BCUT2D eigenvalue weighted by molar-refractivity contribution is 0.883. The zero-order valence-electron chi connectivity index (χ0n) is 10.0. The highest BCUT2D eigenvalue weighted by atomic mass is 79.9. The summed E-state index contributed by atoms with van der Waals surface area (Å²) >= 11 is 3.51. The van der Waals surface area contributed by atoms with E-state index in [0.717, 1.165) is 15.7 Å². The first kappa shape index (κ1) is 12.7. The Balaban J connectivity index is 2.20. The number of rotatable bonds is 3. The van der Waals surface area contributed by atoms with Gasteiger partial charge in [0.2, 0.25) is 0 Å². The van der Waals surface area contributed by atoms with Crippen molar-refractivity contribution in [2.24, 2.45) is 0 Å². The summed E-state index contributed by atoms with van der Waals surface area (Å²) in [5.74, 6) is 0. The summed E-state index contributed by atoms with van der Waals surface area (Å²) in [6.45, 7) is 2.08. The first-order valence-electron chi connectivity index (χ1n) is 5.72. The normalized spacial score (nSPS) is 11.6. The van der Waals surface area contributed by atoms with Crippen LogP contribution < -0.4 is 5.32 Å². The van der Waals surface area contributed by atoms with Crippen LogP contribution in [0.1, 0.15) is 24.1 Å². The molecular formula is C15H13BrN2. The maximum Gasteiger partial charge on any atom is 0.0991 e. The van der Waals surface area contributed by atoms with Crippen LogP contribution in [0.4, 0.5) is 5.69 Å². The summed E-state index contributed by atoms with van der Waals surface area (Å²) in [7, 11) is 0. The fourth-order valence-electron chi connectivity index (χ4n) is 1.77. The van der Waals surface area contributed by atoms with Gasteiger partial charge in [0, 0.05) is 16.2 Å². The molecule has 0 saturated heterocycles. The van der Waals surface area contributed by atoms with Crippen LogP contribution in [0.15, 0.2) is 53.0 Å². The second-order valence-corrected chi connectivity index (χ2v) is 4.94. The third kappa shape index (κ3) is 2.91. The number of anilines is 1. The van der Waals surface area contributed by atoms with E-state index in [2.05, 4.69) is 34.2 Å². The predicted molar refractivity (Wildman–Crippen MR) is 77.3 cm³/mol. The Kier molecular flexibility index (Phi) is 4.01. The van der Waals surface area contributed by atoms with E-state index < -0.39 is 0 Å². The quantitative estimate of drug-likeness (QED) is 0.906. The standard InChI is InChI=1S/C15H13BrN2/c1-11(13-6-4-5-12(9-13)10-17)18-15-8-3-2-7-14(15)16/h2-9,11,18H,1H3. The van der Waals surface area contributed by atoms with Gasteiger partial charge in [-0.2, -0.15) is 5.26 Å². The lowest BCUT2D eigenvalue weighted by Crippen LogP contribution is -2.07. The summed E-state index contributed by atoms with van der Waals surface area (Å²) in [6, 6.07) is 18.0. The number of hydrogen-bond donors (Lipinski definition) is 1. The van der Waals surface area contributed by atoms with Crippen LogP contribution in [0.2, 0.25) is 0 Å². The molecule has 1 unspecified atom stereocenters. The fourth-order valence-corrected chi connectivity index (χ4v) is 2.17. The fraction of sp³-hybridized carbons (Fsp3) is 0.133. The first-order chi connectivity index (χ1) is 8.70. The molecule has 2 nitrogen and oxygen atoms in total. The highest BCUT2D eigenvalue weighted by Gasteiger charge is 2.07. The van der Waals surface area contributed by atoms with Crippen molar-refractivity contribution in [1.82, 2.24) is 0 Å². The van der Waals surface area contributed by atoms with E-state index in [1.165, 1.54) is 0 Å². The highest BCUT2D eigenvalue weighted by Crippen LogP contribution is 2.26. The Labute approximate surface area is 115 Å². The molecule has 0 bridgehead atoms. The second-order valence-electron chi connectivity index (χ2n) is 4.08. The molecule has 0 aliphatic rings. The molecular weight excluding hydrogens is 288 g/mol. The van der Waals surface area contributed by atoms with Crippen LogP contribution in [0.25, 0.3) is 0 Å². The number of benzene rings is 2. The summed E-state index contributed by atoms with van der Waals surface area (Å²) < 4.78 is 1.04. The van der Waals surface area contributed by atoms with E-state index in [-0.39, 0.29) is 6.04 Å². The lowest BCUT2D eigenvalue weighted by atomic mass is 10.1. The van der Waals surface area contributed by atoms with E-state index in [9.17, 15) is 0 Å². The van der Waals surface area contributed by atoms with Crippen molar-refractivity contribution in [2.75, 3.05) is 5.32 Å². The summed E-state index contributed by atoms with van der Waals surface area (Å²) in [6.07, 6.45) is 0. The topological polar surface area (TPSA) is 35.8 Å². The van der Waals surface area contributed by atoms with Gasteiger partial charge in [0.15, 0.2) is 0 Å². The van der Waals surface area contributed by atoms with Crippen LogP contribution in [0.3, 0.4) is 0 Å². The molecule has 1 N–H and O–H groups in total. The zero-order chi connectivity index (χ0) is 13.0. The Morgan fingerprint density at radius 1 is 1.17 bits per heavy atom. The molecule has 0 spiro atoms. The van der Waals surface area contributed by atoms with Crippen LogP contribution in [0.5, 0.6) is 0 Å². The summed E-state index contributed by atoms with van der Waals surface area (Å²) in [5, 5.41) is 12.3. The van der Waals surface area contributed by atoms with Crippen molar-refractivity contribution < 1.29 is 0 Å². The monoisotopic (exact) mass is 300 g/mol. The van der Waals surface area contributed by atoms with Gasteiger partial charge in [0.1, 0.15) is 0 Å². The Morgan fingerprint density at radius 2 is 1.94 bits per heavy atom. The Hall–Kier alpha value is -1.79. The molecule has 2 rings (SSSR count). The molecule has 0 aliphatic heterocycles. The second kappa shape index (κ2) is 5.70. The molecule has 0 amide bonds. The van der Waals surface area contributed by atoms with Gasteiger partial charge in [0.25, 0.3) is 0 Å². The van der Waals surface area contributed by atoms with Crippen LogP contribution in [-0.2, 0) is 0 Å². The third-order valence-corrected chi connectivity index (χ3v) is 3.45. The smallest absolute Gasteiger partial charge is 0.0991 e. The molecule has 0 saturated carbocycles. The van der Waals surface area contributed by atoms with Crippen molar-refractivity contribution in [1.29, 1.82) is 5.26 Å². The number of hydrogen-bond acceptors (Lipinski definition) is 2. The molecule has 18 heavy (non-hydrogen) atoms. The van der Waals surface area contributed by atoms with Crippen molar-refractivity contribution in [3.8, 4) is 6.07 Å². The van der Waals surface area contributed by atoms with Crippen LogP contribution in [0, 0.1) is 11.3 Å². The van der Waals surface area contributed by atoms with E-state index in [4.69, 9.17) is 5.26 Å². The van der Waals surface area contributed by atoms with Crippen molar-refractivity contribution in [3.63, 3.8) is 0 Å². The number of nitrogens with zero attached hydrogens (tertiary/aromatic N) is 1. The Morgan fingerprint density at radius 3 is 2.67 bits per heavy atom. The molecule has 1 atom stereocenters. The molecule has 0 aliphatic carbocycles. The minimum absolute atomic E-state index is 0.150.